The van der Waals surface area contributed by atoms with Crippen LogP contribution in [0.3, 0.4) is 0 Å². The molecule has 1 aliphatic heterocycles. The summed E-state index contributed by atoms with van der Waals surface area (Å²) in [6, 6.07) is 23.8. The highest BCUT2D eigenvalue weighted by Gasteiger charge is 2.21. The Balaban J connectivity index is 1.24. The summed E-state index contributed by atoms with van der Waals surface area (Å²) in [7, 11) is -3.72. The highest BCUT2D eigenvalue weighted by Crippen LogP contribution is 2.16. The predicted molar refractivity (Wildman–Crippen MR) is 134 cm³/mol. The van der Waals surface area contributed by atoms with Crippen molar-refractivity contribution in [1.82, 2.24) is 10.0 Å². The molecule has 184 valence electrons. The van der Waals surface area contributed by atoms with Crippen LogP contribution in [0.1, 0.15) is 34.3 Å². The second kappa shape index (κ2) is 12.0. The van der Waals surface area contributed by atoms with Gasteiger partial charge in [0, 0.05) is 25.3 Å². The average molecular weight is 495 g/mol. The third-order valence-corrected chi connectivity index (χ3v) is 7.22. The highest BCUT2D eigenvalue weighted by atomic mass is 32.2. The molecule has 0 aromatic heterocycles. The molecule has 2 N–H and O–H groups in total. The number of rotatable bonds is 11. The van der Waals surface area contributed by atoms with Crippen LogP contribution < -0.4 is 14.8 Å². The first-order valence-electron chi connectivity index (χ1n) is 11.7. The molecule has 1 saturated heterocycles. The van der Waals surface area contributed by atoms with Gasteiger partial charge in [-0.25, -0.2) is 13.1 Å². The zero-order valence-corrected chi connectivity index (χ0v) is 20.3. The summed E-state index contributed by atoms with van der Waals surface area (Å²) in [5, 5.41) is 2.86. The number of hydrogen-bond acceptors (Lipinski definition) is 5. The molecule has 7 nitrogen and oxygen atoms in total. The van der Waals surface area contributed by atoms with Crippen LogP contribution in [-0.4, -0.2) is 40.1 Å². The van der Waals surface area contributed by atoms with Crippen molar-refractivity contribution in [3.63, 3.8) is 0 Å². The first-order chi connectivity index (χ1) is 17.0. The summed E-state index contributed by atoms with van der Waals surface area (Å²) < 4.78 is 39.1. The van der Waals surface area contributed by atoms with Crippen LogP contribution in [0.25, 0.3) is 0 Å². The normalized spacial score (nSPS) is 15.6. The molecule has 1 heterocycles. The summed E-state index contributed by atoms with van der Waals surface area (Å²) in [5.74, 6) is 0.469. The van der Waals surface area contributed by atoms with E-state index in [2.05, 4.69) is 10.0 Å². The van der Waals surface area contributed by atoms with Gasteiger partial charge >= 0.3 is 0 Å². The minimum absolute atomic E-state index is 0.0641. The number of benzene rings is 3. The molecule has 0 spiro atoms. The number of ether oxygens (including phenoxy) is 2. The van der Waals surface area contributed by atoms with Gasteiger partial charge in [-0.1, -0.05) is 48.5 Å². The molecule has 1 fully saturated rings. The van der Waals surface area contributed by atoms with E-state index in [1.165, 1.54) is 12.1 Å². The van der Waals surface area contributed by atoms with E-state index in [0.717, 1.165) is 29.7 Å². The van der Waals surface area contributed by atoms with E-state index in [1.54, 1.807) is 12.1 Å². The van der Waals surface area contributed by atoms with Gasteiger partial charge in [0.05, 0.1) is 11.0 Å². The fraction of sp³-hybridized carbons (Fsp3) is 0.296. The number of amides is 1. The molecule has 0 radical (unpaired) electrons. The Bertz CT molecular complexity index is 1210. The van der Waals surface area contributed by atoms with Gasteiger partial charge in [0.15, 0.2) is 0 Å². The number of carbonyl (C=O) groups is 1. The smallest absolute Gasteiger partial charge is 0.251 e. The van der Waals surface area contributed by atoms with E-state index in [9.17, 15) is 13.2 Å². The second-order valence-corrected chi connectivity index (χ2v) is 10.2. The van der Waals surface area contributed by atoms with Crippen LogP contribution in [-0.2, 0) is 27.8 Å². The fourth-order valence-corrected chi connectivity index (χ4v) is 4.92. The lowest BCUT2D eigenvalue weighted by atomic mass is 10.1. The molecular formula is C27H30N2O5S. The van der Waals surface area contributed by atoms with Gasteiger partial charge in [0.2, 0.25) is 10.0 Å². The van der Waals surface area contributed by atoms with E-state index in [-0.39, 0.29) is 23.5 Å². The fourth-order valence-electron chi connectivity index (χ4n) is 3.81. The zero-order valence-electron chi connectivity index (χ0n) is 19.5. The summed E-state index contributed by atoms with van der Waals surface area (Å²) in [4.78, 5) is 12.7. The van der Waals surface area contributed by atoms with Crippen molar-refractivity contribution >= 4 is 15.9 Å². The first kappa shape index (κ1) is 24.9. The number of carbonyl (C=O) groups excluding carboxylic acids is 1. The van der Waals surface area contributed by atoms with Crippen molar-refractivity contribution in [2.24, 2.45) is 0 Å². The molecule has 0 saturated carbocycles. The molecule has 35 heavy (non-hydrogen) atoms. The Morgan fingerprint density at radius 2 is 1.77 bits per heavy atom. The highest BCUT2D eigenvalue weighted by molar-refractivity contribution is 7.89. The molecule has 1 amide bonds. The topological polar surface area (TPSA) is 93.7 Å². The monoisotopic (exact) mass is 494 g/mol. The zero-order chi connectivity index (χ0) is 24.5. The predicted octanol–water partition coefficient (Wildman–Crippen LogP) is 3.70. The molecule has 1 aliphatic rings. The number of sulfonamides is 1. The van der Waals surface area contributed by atoms with Crippen molar-refractivity contribution in [3.05, 3.63) is 95.6 Å². The molecule has 4 rings (SSSR count). The quantitative estimate of drug-likeness (QED) is 0.424. The van der Waals surface area contributed by atoms with Crippen molar-refractivity contribution in [2.75, 3.05) is 19.7 Å². The van der Waals surface area contributed by atoms with Crippen LogP contribution >= 0.6 is 0 Å². The first-order valence-corrected chi connectivity index (χ1v) is 13.2. The third-order valence-electron chi connectivity index (χ3n) is 5.80. The largest absolute Gasteiger partial charge is 0.489 e. The van der Waals surface area contributed by atoms with Crippen LogP contribution in [0.15, 0.2) is 83.8 Å². The van der Waals surface area contributed by atoms with Crippen molar-refractivity contribution in [3.8, 4) is 5.75 Å². The van der Waals surface area contributed by atoms with Crippen molar-refractivity contribution in [1.29, 1.82) is 0 Å². The van der Waals surface area contributed by atoms with Crippen molar-refractivity contribution in [2.45, 2.75) is 36.9 Å². The summed E-state index contributed by atoms with van der Waals surface area (Å²) in [6.07, 6.45) is 2.33. The van der Waals surface area contributed by atoms with E-state index >= 15 is 0 Å². The molecule has 3 aromatic rings. The third kappa shape index (κ3) is 7.39. The van der Waals surface area contributed by atoms with Crippen molar-refractivity contribution < 1.29 is 22.7 Å². The molecule has 0 bridgehead atoms. The number of hydrogen-bond donors (Lipinski definition) is 2. The lowest BCUT2D eigenvalue weighted by molar-refractivity contribution is 0.0954. The standard InChI is InChI=1S/C27H30N2O5S/c30-27(23-8-4-10-26(18-23)35(31,32)29-19-25-9-5-17-33-25)28-16-15-21-11-13-24(14-12-21)34-20-22-6-2-1-3-7-22/h1-4,6-8,10-14,18,25,29H,5,9,15-17,19-20H2,(H,28,30). The van der Waals surface area contributed by atoms with Gasteiger partial charge in [-0.15, -0.1) is 0 Å². The lowest BCUT2D eigenvalue weighted by Crippen LogP contribution is -2.32. The molecule has 1 unspecified atom stereocenters. The van der Waals surface area contributed by atoms with Gasteiger partial charge in [0.1, 0.15) is 12.4 Å². The Labute approximate surface area is 206 Å². The minimum Gasteiger partial charge on any atom is -0.489 e. The van der Waals surface area contributed by atoms with Crippen LogP contribution in [0.5, 0.6) is 5.75 Å². The Morgan fingerprint density at radius 1 is 0.971 bits per heavy atom. The minimum atomic E-state index is -3.72. The molecule has 8 heteroatoms. The summed E-state index contributed by atoms with van der Waals surface area (Å²) in [5.41, 5.74) is 2.47. The van der Waals surface area contributed by atoms with Gasteiger partial charge in [-0.05, 0) is 60.7 Å². The van der Waals surface area contributed by atoms with E-state index in [0.29, 0.717) is 31.7 Å². The van der Waals surface area contributed by atoms with Crippen LogP contribution in [0.2, 0.25) is 0 Å². The van der Waals surface area contributed by atoms with E-state index < -0.39 is 10.0 Å². The van der Waals surface area contributed by atoms with Crippen LogP contribution in [0, 0.1) is 0 Å². The Morgan fingerprint density at radius 3 is 2.51 bits per heavy atom. The molecule has 1 atom stereocenters. The Kier molecular flexibility index (Phi) is 8.52. The van der Waals surface area contributed by atoms with E-state index in [4.69, 9.17) is 9.47 Å². The average Bonchev–Trinajstić information content (AvgIpc) is 3.42. The molecular weight excluding hydrogens is 464 g/mol. The summed E-state index contributed by atoms with van der Waals surface area (Å²) >= 11 is 0. The van der Waals surface area contributed by atoms with Crippen LogP contribution in [0.4, 0.5) is 0 Å². The van der Waals surface area contributed by atoms with Gasteiger partial charge in [-0.3, -0.25) is 4.79 Å². The number of nitrogens with one attached hydrogen (secondary N) is 2. The second-order valence-electron chi connectivity index (χ2n) is 8.44. The molecule has 3 aromatic carbocycles. The maximum atomic E-state index is 12.6. The SMILES string of the molecule is O=C(NCCc1ccc(OCc2ccccc2)cc1)c1cccc(S(=O)(=O)NCC2CCCO2)c1. The van der Waals surface area contributed by atoms with Gasteiger partial charge in [-0.2, -0.15) is 0 Å². The Hall–Kier alpha value is -3.20. The molecule has 0 aliphatic carbocycles. The lowest BCUT2D eigenvalue weighted by Gasteiger charge is -2.12. The van der Waals surface area contributed by atoms with Gasteiger partial charge in [0.25, 0.3) is 5.91 Å². The maximum absolute atomic E-state index is 12.6. The van der Waals surface area contributed by atoms with Gasteiger partial charge < -0.3 is 14.8 Å². The summed E-state index contributed by atoms with van der Waals surface area (Å²) in [6.45, 7) is 1.83. The maximum Gasteiger partial charge on any atom is 0.251 e. The van der Waals surface area contributed by atoms with E-state index in [1.807, 2.05) is 54.6 Å².